The van der Waals surface area contributed by atoms with Gasteiger partial charge in [-0.1, -0.05) is 0 Å². The van der Waals surface area contributed by atoms with Crippen LogP contribution in [-0.4, -0.2) is 9.97 Å². The second-order valence-electron chi connectivity index (χ2n) is 2.40. The van der Waals surface area contributed by atoms with Crippen LogP contribution in [0.2, 0.25) is 0 Å². The van der Waals surface area contributed by atoms with Gasteiger partial charge in [0, 0.05) is 11.6 Å². The lowest BCUT2D eigenvalue weighted by molar-refractivity contribution is 1.31. The molecule has 60 valence electrons. The van der Waals surface area contributed by atoms with Gasteiger partial charge in [-0.3, -0.25) is 0 Å². The lowest BCUT2D eigenvalue weighted by atomic mass is 10.2. The first-order chi connectivity index (χ1) is 5.77. The molecule has 2 N–H and O–H groups in total. The van der Waals surface area contributed by atoms with Crippen LogP contribution in [-0.2, 0) is 0 Å². The average molecular weight is 224 g/mol. The fraction of sp³-hybridized carbons (Fsp3) is 0. The van der Waals surface area contributed by atoms with Crippen molar-refractivity contribution in [2.45, 2.75) is 0 Å². The molecule has 0 radical (unpaired) electrons. The topological polar surface area (TPSA) is 51.8 Å². The number of anilines is 1. The van der Waals surface area contributed by atoms with Crippen LogP contribution in [0, 0.1) is 0 Å². The Morgan fingerprint density at radius 2 is 2.08 bits per heavy atom. The number of nitrogens with two attached hydrogens (primary N) is 1. The summed E-state index contributed by atoms with van der Waals surface area (Å²) in [5, 5.41) is 0.890. The van der Waals surface area contributed by atoms with Gasteiger partial charge in [0.1, 0.15) is 10.4 Å². The largest absolute Gasteiger partial charge is 0.383 e. The van der Waals surface area contributed by atoms with Gasteiger partial charge in [-0.05, 0) is 34.1 Å². The molecule has 0 aromatic carbocycles. The van der Waals surface area contributed by atoms with E-state index in [2.05, 4.69) is 25.9 Å². The highest BCUT2D eigenvalue weighted by molar-refractivity contribution is 9.10. The van der Waals surface area contributed by atoms with E-state index in [1.54, 1.807) is 6.20 Å². The van der Waals surface area contributed by atoms with E-state index in [0.717, 1.165) is 15.5 Å². The molecule has 0 atom stereocenters. The second-order valence-corrected chi connectivity index (χ2v) is 3.21. The predicted octanol–water partition coefficient (Wildman–Crippen LogP) is 1.97. The van der Waals surface area contributed by atoms with Crippen LogP contribution >= 0.6 is 15.9 Å². The summed E-state index contributed by atoms with van der Waals surface area (Å²) in [6.45, 7) is 0. The SMILES string of the molecule is Nc1nccc2nc(Br)ccc12. The lowest BCUT2D eigenvalue weighted by Gasteiger charge is -1.99. The fourth-order valence-corrected chi connectivity index (χ4v) is 1.37. The average Bonchev–Trinajstić information content (AvgIpc) is 2.04. The second kappa shape index (κ2) is 2.71. The monoisotopic (exact) mass is 223 g/mol. The summed E-state index contributed by atoms with van der Waals surface area (Å²) in [5.74, 6) is 0.521. The minimum absolute atomic E-state index is 0.521. The molecule has 2 aromatic rings. The zero-order chi connectivity index (χ0) is 8.55. The molecule has 3 nitrogen and oxygen atoms in total. The Morgan fingerprint density at radius 3 is 2.92 bits per heavy atom. The van der Waals surface area contributed by atoms with E-state index in [4.69, 9.17) is 5.73 Å². The van der Waals surface area contributed by atoms with Gasteiger partial charge in [-0.25, -0.2) is 9.97 Å². The molecule has 0 aliphatic carbocycles. The molecule has 0 aliphatic heterocycles. The Morgan fingerprint density at radius 1 is 1.25 bits per heavy atom. The van der Waals surface area contributed by atoms with Gasteiger partial charge in [-0.2, -0.15) is 0 Å². The summed E-state index contributed by atoms with van der Waals surface area (Å²) in [4.78, 5) is 8.19. The smallest absolute Gasteiger partial charge is 0.132 e. The number of nitrogens with zero attached hydrogens (tertiary/aromatic N) is 2. The highest BCUT2D eigenvalue weighted by atomic mass is 79.9. The molecule has 0 amide bonds. The van der Waals surface area contributed by atoms with Gasteiger partial charge >= 0.3 is 0 Å². The van der Waals surface area contributed by atoms with Gasteiger partial charge in [0.2, 0.25) is 0 Å². The van der Waals surface area contributed by atoms with Crippen LogP contribution in [0.5, 0.6) is 0 Å². The Hall–Kier alpha value is -1.16. The van der Waals surface area contributed by atoms with Crippen LogP contribution in [0.3, 0.4) is 0 Å². The minimum Gasteiger partial charge on any atom is -0.383 e. The highest BCUT2D eigenvalue weighted by Gasteiger charge is 1.98. The molecule has 4 heteroatoms. The first kappa shape index (κ1) is 7.49. The number of halogens is 1. The van der Waals surface area contributed by atoms with Crippen LogP contribution < -0.4 is 5.73 Å². The zero-order valence-electron chi connectivity index (χ0n) is 6.16. The molecule has 0 bridgehead atoms. The number of nitrogen functional groups attached to an aromatic ring is 1. The molecule has 0 saturated heterocycles. The van der Waals surface area contributed by atoms with E-state index in [1.807, 2.05) is 18.2 Å². The first-order valence-electron chi connectivity index (χ1n) is 3.44. The van der Waals surface area contributed by atoms with Gasteiger partial charge in [0.25, 0.3) is 0 Å². The van der Waals surface area contributed by atoms with Crippen LogP contribution in [0.15, 0.2) is 29.0 Å². The Balaban J connectivity index is 2.86. The highest BCUT2D eigenvalue weighted by Crippen LogP contribution is 2.18. The number of pyridine rings is 2. The third-order valence-electron chi connectivity index (χ3n) is 1.61. The van der Waals surface area contributed by atoms with E-state index in [9.17, 15) is 0 Å². The molecule has 0 fully saturated rings. The van der Waals surface area contributed by atoms with Gasteiger partial charge in [0.15, 0.2) is 0 Å². The van der Waals surface area contributed by atoms with Crippen molar-refractivity contribution < 1.29 is 0 Å². The summed E-state index contributed by atoms with van der Waals surface area (Å²) in [5.41, 5.74) is 6.50. The summed E-state index contributed by atoms with van der Waals surface area (Å²) in [6, 6.07) is 5.57. The van der Waals surface area contributed by atoms with E-state index in [-0.39, 0.29) is 0 Å². The van der Waals surface area contributed by atoms with Crippen molar-refractivity contribution in [1.82, 2.24) is 9.97 Å². The van der Waals surface area contributed by atoms with Crippen molar-refractivity contribution in [3.05, 3.63) is 29.0 Å². The van der Waals surface area contributed by atoms with E-state index in [1.165, 1.54) is 0 Å². The number of aromatic nitrogens is 2. The third kappa shape index (κ3) is 1.14. The number of hydrogen-bond acceptors (Lipinski definition) is 3. The molecule has 2 rings (SSSR count). The van der Waals surface area contributed by atoms with Crippen molar-refractivity contribution in [1.29, 1.82) is 0 Å². The molecule has 0 spiro atoms. The fourth-order valence-electron chi connectivity index (χ4n) is 1.05. The van der Waals surface area contributed by atoms with Gasteiger partial charge in [0.05, 0.1) is 5.52 Å². The molecule has 12 heavy (non-hydrogen) atoms. The Labute approximate surface area is 77.8 Å². The summed E-state index contributed by atoms with van der Waals surface area (Å²) >= 11 is 3.28. The number of hydrogen-bond donors (Lipinski definition) is 1. The quantitative estimate of drug-likeness (QED) is 0.696. The van der Waals surface area contributed by atoms with Crippen molar-refractivity contribution in [2.75, 3.05) is 5.73 Å². The maximum Gasteiger partial charge on any atom is 0.132 e. The Bertz CT molecular complexity index is 428. The standard InChI is InChI=1S/C8H6BrN3/c9-7-2-1-5-6(12-7)3-4-11-8(5)10/h1-4H,(H2,10,11). The van der Waals surface area contributed by atoms with E-state index < -0.39 is 0 Å². The maximum atomic E-state index is 5.64. The molecule has 0 unspecified atom stereocenters. The summed E-state index contributed by atoms with van der Waals surface area (Å²) < 4.78 is 0.806. The van der Waals surface area contributed by atoms with Crippen molar-refractivity contribution in [2.24, 2.45) is 0 Å². The Kier molecular flexibility index (Phi) is 1.69. The van der Waals surface area contributed by atoms with Crippen LogP contribution in [0.1, 0.15) is 0 Å². The van der Waals surface area contributed by atoms with Gasteiger partial charge in [-0.15, -0.1) is 0 Å². The number of rotatable bonds is 0. The molecular formula is C8H6BrN3. The van der Waals surface area contributed by atoms with Crippen molar-refractivity contribution in [3.63, 3.8) is 0 Å². The van der Waals surface area contributed by atoms with E-state index in [0.29, 0.717) is 5.82 Å². The molecule has 2 heterocycles. The predicted molar refractivity (Wildman–Crippen MR) is 51.7 cm³/mol. The molecule has 0 aliphatic rings. The summed E-state index contributed by atoms with van der Waals surface area (Å²) in [7, 11) is 0. The minimum atomic E-state index is 0.521. The first-order valence-corrected chi connectivity index (χ1v) is 4.23. The van der Waals surface area contributed by atoms with Crippen LogP contribution in [0.25, 0.3) is 10.9 Å². The van der Waals surface area contributed by atoms with Crippen molar-refractivity contribution >= 4 is 32.7 Å². The van der Waals surface area contributed by atoms with Crippen LogP contribution in [0.4, 0.5) is 5.82 Å². The van der Waals surface area contributed by atoms with E-state index >= 15 is 0 Å². The number of fused-ring (bicyclic) bond motifs is 1. The molecular weight excluding hydrogens is 218 g/mol. The van der Waals surface area contributed by atoms with Gasteiger partial charge < -0.3 is 5.73 Å². The molecule has 0 saturated carbocycles. The normalized spacial score (nSPS) is 10.4. The summed E-state index contributed by atoms with van der Waals surface area (Å²) in [6.07, 6.45) is 1.65. The third-order valence-corrected chi connectivity index (χ3v) is 2.05. The zero-order valence-corrected chi connectivity index (χ0v) is 7.75. The maximum absolute atomic E-state index is 5.64. The lowest BCUT2D eigenvalue weighted by Crippen LogP contribution is -1.91. The molecule has 2 aromatic heterocycles. The van der Waals surface area contributed by atoms with Crippen molar-refractivity contribution in [3.8, 4) is 0 Å².